The molecule has 1 saturated heterocycles. The van der Waals surface area contributed by atoms with Crippen LogP contribution >= 0.6 is 11.6 Å². The van der Waals surface area contributed by atoms with E-state index in [1.165, 1.54) is 18.4 Å². The minimum absolute atomic E-state index is 0.654. The van der Waals surface area contributed by atoms with Gasteiger partial charge in [0, 0.05) is 12.1 Å². The van der Waals surface area contributed by atoms with Gasteiger partial charge in [-0.1, -0.05) is 23.7 Å². The van der Waals surface area contributed by atoms with Crippen molar-refractivity contribution in [1.82, 2.24) is 10.2 Å². The van der Waals surface area contributed by atoms with Crippen molar-refractivity contribution in [3.05, 3.63) is 28.8 Å². The highest BCUT2D eigenvalue weighted by Crippen LogP contribution is 2.30. The van der Waals surface area contributed by atoms with Gasteiger partial charge in [-0.2, -0.15) is 0 Å². The maximum absolute atomic E-state index is 6.24. The van der Waals surface area contributed by atoms with Gasteiger partial charge in [0.2, 0.25) is 0 Å². The molecular formula is C16H25ClN2O. The van der Waals surface area contributed by atoms with Crippen LogP contribution in [0, 0.1) is 5.92 Å². The van der Waals surface area contributed by atoms with Crippen molar-refractivity contribution >= 4 is 11.6 Å². The number of halogens is 1. The summed E-state index contributed by atoms with van der Waals surface area (Å²) in [5.74, 6) is 1.68. The number of hydrogen-bond donors (Lipinski definition) is 1. The number of benzene rings is 1. The summed E-state index contributed by atoms with van der Waals surface area (Å²) < 4.78 is 5.70. The second-order valence-corrected chi connectivity index (χ2v) is 5.85. The monoisotopic (exact) mass is 296 g/mol. The van der Waals surface area contributed by atoms with Gasteiger partial charge in [0.1, 0.15) is 5.75 Å². The Balaban J connectivity index is 1.95. The average molecular weight is 297 g/mol. The van der Waals surface area contributed by atoms with Crippen molar-refractivity contribution in [3.8, 4) is 5.75 Å². The van der Waals surface area contributed by atoms with Crippen molar-refractivity contribution in [2.45, 2.75) is 26.3 Å². The summed E-state index contributed by atoms with van der Waals surface area (Å²) in [6, 6.07) is 6.03. The van der Waals surface area contributed by atoms with Crippen molar-refractivity contribution in [2.24, 2.45) is 5.92 Å². The van der Waals surface area contributed by atoms with Crippen molar-refractivity contribution < 1.29 is 4.74 Å². The minimum Gasteiger partial charge on any atom is -0.492 e. The Morgan fingerprint density at radius 1 is 1.35 bits per heavy atom. The molecule has 4 heteroatoms. The maximum atomic E-state index is 6.24. The summed E-state index contributed by atoms with van der Waals surface area (Å²) in [6.45, 7) is 7.03. The van der Waals surface area contributed by atoms with Gasteiger partial charge in [-0.3, -0.25) is 4.90 Å². The van der Waals surface area contributed by atoms with E-state index in [-0.39, 0.29) is 0 Å². The number of nitrogens with zero attached hydrogens (tertiary/aromatic N) is 1. The third kappa shape index (κ3) is 4.11. The Morgan fingerprint density at radius 3 is 2.75 bits per heavy atom. The second-order valence-electron chi connectivity index (χ2n) is 5.44. The van der Waals surface area contributed by atoms with Gasteiger partial charge in [-0.25, -0.2) is 0 Å². The summed E-state index contributed by atoms with van der Waals surface area (Å²) in [7, 11) is 2.03. The summed E-state index contributed by atoms with van der Waals surface area (Å²) in [4.78, 5) is 2.50. The SMILES string of the molecule is CCOc1c(Cl)cccc1CN1CCC(CNC)CC1. The standard InChI is InChI=1S/C16H25ClN2O/c1-3-20-16-14(5-4-6-15(16)17)12-19-9-7-13(8-10-19)11-18-2/h4-6,13,18H,3,7-12H2,1-2H3. The summed E-state index contributed by atoms with van der Waals surface area (Å²) in [5, 5.41) is 4.00. The van der Waals surface area contributed by atoms with Crippen LogP contribution in [0.1, 0.15) is 25.3 Å². The van der Waals surface area contributed by atoms with E-state index in [9.17, 15) is 0 Å². The minimum atomic E-state index is 0.654. The van der Waals surface area contributed by atoms with Crippen molar-refractivity contribution in [2.75, 3.05) is 33.3 Å². The van der Waals surface area contributed by atoms with E-state index in [2.05, 4.69) is 16.3 Å². The lowest BCUT2D eigenvalue weighted by Gasteiger charge is -2.32. The lowest BCUT2D eigenvalue weighted by molar-refractivity contribution is 0.174. The molecule has 2 rings (SSSR count). The fourth-order valence-electron chi connectivity index (χ4n) is 2.86. The van der Waals surface area contributed by atoms with Crippen LogP contribution in [0.5, 0.6) is 5.75 Å². The van der Waals surface area contributed by atoms with Gasteiger partial charge in [0.25, 0.3) is 0 Å². The van der Waals surface area contributed by atoms with E-state index in [1.807, 2.05) is 26.1 Å². The molecule has 1 heterocycles. The Bertz CT molecular complexity index is 417. The van der Waals surface area contributed by atoms with E-state index >= 15 is 0 Å². The first-order valence-electron chi connectivity index (χ1n) is 7.51. The van der Waals surface area contributed by atoms with Crippen LogP contribution in [-0.4, -0.2) is 38.2 Å². The molecular weight excluding hydrogens is 272 g/mol. The number of ether oxygens (including phenoxy) is 1. The van der Waals surface area contributed by atoms with Crippen LogP contribution < -0.4 is 10.1 Å². The van der Waals surface area contributed by atoms with E-state index in [4.69, 9.17) is 16.3 Å². The molecule has 0 radical (unpaired) electrons. The fraction of sp³-hybridized carbons (Fsp3) is 0.625. The third-order valence-electron chi connectivity index (χ3n) is 3.93. The van der Waals surface area contributed by atoms with E-state index in [0.717, 1.165) is 42.9 Å². The molecule has 0 bridgehead atoms. The zero-order valence-corrected chi connectivity index (χ0v) is 13.2. The molecule has 0 aliphatic carbocycles. The highest BCUT2D eigenvalue weighted by Gasteiger charge is 2.20. The number of likely N-dealkylation sites (tertiary alicyclic amines) is 1. The van der Waals surface area contributed by atoms with Crippen LogP contribution in [-0.2, 0) is 6.54 Å². The topological polar surface area (TPSA) is 24.5 Å². The molecule has 0 atom stereocenters. The molecule has 1 aromatic carbocycles. The number of rotatable bonds is 6. The zero-order chi connectivity index (χ0) is 14.4. The molecule has 0 spiro atoms. The number of nitrogens with one attached hydrogen (secondary N) is 1. The van der Waals surface area contributed by atoms with E-state index in [1.54, 1.807) is 0 Å². The third-order valence-corrected chi connectivity index (χ3v) is 4.23. The Labute approximate surface area is 127 Å². The average Bonchev–Trinajstić information content (AvgIpc) is 2.45. The summed E-state index contributed by atoms with van der Waals surface area (Å²) in [5.41, 5.74) is 1.20. The molecule has 3 nitrogen and oxygen atoms in total. The van der Waals surface area contributed by atoms with Gasteiger partial charge in [0.15, 0.2) is 0 Å². The van der Waals surface area contributed by atoms with Crippen molar-refractivity contribution in [1.29, 1.82) is 0 Å². The number of piperidine rings is 1. The molecule has 1 aliphatic rings. The normalized spacial score (nSPS) is 17.4. The molecule has 1 N–H and O–H groups in total. The molecule has 0 aromatic heterocycles. The lowest BCUT2D eigenvalue weighted by Crippen LogP contribution is -2.36. The van der Waals surface area contributed by atoms with Gasteiger partial charge in [-0.05, 0) is 58.4 Å². The molecule has 0 amide bonds. The molecule has 1 aromatic rings. The fourth-order valence-corrected chi connectivity index (χ4v) is 3.11. The van der Waals surface area contributed by atoms with Gasteiger partial charge < -0.3 is 10.1 Å². The molecule has 20 heavy (non-hydrogen) atoms. The second kappa shape index (κ2) is 7.87. The quantitative estimate of drug-likeness (QED) is 0.873. The van der Waals surface area contributed by atoms with Crippen molar-refractivity contribution in [3.63, 3.8) is 0 Å². The molecule has 0 unspecified atom stereocenters. The van der Waals surface area contributed by atoms with Gasteiger partial charge >= 0.3 is 0 Å². The Morgan fingerprint density at radius 2 is 2.10 bits per heavy atom. The van der Waals surface area contributed by atoms with Crippen LogP contribution in [0.15, 0.2) is 18.2 Å². The smallest absolute Gasteiger partial charge is 0.142 e. The van der Waals surface area contributed by atoms with E-state index in [0.29, 0.717) is 6.61 Å². The summed E-state index contributed by atoms with van der Waals surface area (Å²) >= 11 is 6.24. The van der Waals surface area contributed by atoms with Crippen LogP contribution in [0.4, 0.5) is 0 Å². The summed E-state index contributed by atoms with van der Waals surface area (Å²) in [6.07, 6.45) is 2.54. The van der Waals surface area contributed by atoms with Crippen LogP contribution in [0.2, 0.25) is 5.02 Å². The predicted molar refractivity (Wildman–Crippen MR) is 84.5 cm³/mol. The Hall–Kier alpha value is -0.770. The molecule has 1 aliphatic heterocycles. The van der Waals surface area contributed by atoms with Crippen LogP contribution in [0.3, 0.4) is 0 Å². The largest absolute Gasteiger partial charge is 0.492 e. The first-order valence-corrected chi connectivity index (χ1v) is 7.89. The highest BCUT2D eigenvalue weighted by atomic mass is 35.5. The first kappa shape index (κ1) is 15.6. The zero-order valence-electron chi connectivity index (χ0n) is 12.5. The van der Waals surface area contributed by atoms with Gasteiger partial charge in [-0.15, -0.1) is 0 Å². The first-order chi connectivity index (χ1) is 9.74. The predicted octanol–water partition coefficient (Wildman–Crippen LogP) is 3.17. The highest BCUT2D eigenvalue weighted by molar-refractivity contribution is 6.32. The number of para-hydroxylation sites is 1. The van der Waals surface area contributed by atoms with Crippen LogP contribution in [0.25, 0.3) is 0 Å². The molecule has 112 valence electrons. The molecule has 0 saturated carbocycles. The Kier molecular flexibility index (Phi) is 6.14. The molecule has 1 fully saturated rings. The maximum Gasteiger partial charge on any atom is 0.142 e. The van der Waals surface area contributed by atoms with Gasteiger partial charge in [0.05, 0.1) is 11.6 Å². The lowest BCUT2D eigenvalue weighted by atomic mass is 9.96. The van der Waals surface area contributed by atoms with E-state index < -0.39 is 0 Å². The number of hydrogen-bond acceptors (Lipinski definition) is 3.